The van der Waals surface area contributed by atoms with Gasteiger partial charge in [0.25, 0.3) is 0 Å². The van der Waals surface area contributed by atoms with Gasteiger partial charge in [-0.2, -0.15) is 5.26 Å². The number of rotatable bonds is 6. The number of nitrogens with two attached hydrogens (primary N) is 1. The molecule has 1 unspecified atom stereocenters. The molecule has 0 amide bonds. The van der Waals surface area contributed by atoms with Crippen LogP contribution >= 0.6 is 15.9 Å². The van der Waals surface area contributed by atoms with Gasteiger partial charge in [0.05, 0.1) is 44.0 Å². The first-order valence-corrected chi connectivity index (χ1v) is 10.8. The van der Waals surface area contributed by atoms with Crippen LogP contribution in [0.4, 0.5) is 5.69 Å². The van der Waals surface area contributed by atoms with E-state index in [0.29, 0.717) is 28.1 Å². The van der Waals surface area contributed by atoms with Crippen LogP contribution < -0.4 is 15.4 Å². The van der Waals surface area contributed by atoms with E-state index < -0.39 is 17.9 Å². The second-order valence-electron chi connectivity index (χ2n) is 6.85. The first-order chi connectivity index (χ1) is 15.9. The lowest BCUT2D eigenvalue weighted by atomic mass is 9.81. The first kappa shape index (κ1) is 23.9. The predicted octanol–water partition coefficient (Wildman–Crippen LogP) is 3.75. The molecule has 0 aliphatic carbocycles. The molecule has 0 radical (unpaired) electrons. The molecule has 2 N–H and O–H groups in total. The van der Waals surface area contributed by atoms with Gasteiger partial charge < -0.3 is 19.9 Å². The van der Waals surface area contributed by atoms with Crippen molar-refractivity contribution in [1.29, 1.82) is 5.26 Å². The summed E-state index contributed by atoms with van der Waals surface area (Å²) < 4.78 is 16.4. The smallest absolute Gasteiger partial charge is 0.355 e. The number of carbonyl (C=O) groups excluding carboxylic acids is 2. The molecule has 9 heteroatoms. The number of nitriles is 1. The number of esters is 2. The Balaban J connectivity index is 2.47. The van der Waals surface area contributed by atoms with Gasteiger partial charge in [-0.1, -0.05) is 36.4 Å². The minimum atomic E-state index is -0.938. The highest BCUT2D eigenvalue weighted by Crippen LogP contribution is 2.47. The second kappa shape index (κ2) is 10.2. The summed E-state index contributed by atoms with van der Waals surface area (Å²) in [6, 6.07) is 16.1. The van der Waals surface area contributed by atoms with Gasteiger partial charge in [0, 0.05) is 4.47 Å². The number of methoxy groups -OCH3 is 2. The van der Waals surface area contributed by atoms with Crippen molar-refractivity contribution in [2.24, 2.45) is 5.73 Å². The van der Waals surface area contributed by atoms with Crippen molar-refractivity contribution >= 4 is 33.6 Å². The molecule has 1 aliphatic heterocycles. The summed E-state index contributed by atoms with van der Waals surface area (Å²) in [5.41, 5.74) is 7.31. The molecule has 2 aromatic rings. The SMILES string of the molecule is CCOc1cccc(Br)c1N1C(N)=C(C#N)C(c2ccccc2)C(C(=O)OC)=C1C(=O)OC. The maximum atomic E-state index is 13.1. The van der Waals surface area contributed by atoms with Crippen molar-refractivity contribution in [3.8, 4) is 11.8 Å². The Kier molecular flexibility index (Phi) is 7.41. The summed E-state index contributed by atoms with van der Waals surface area (Å²) in [4.78, 5) is 27.5. The quantitative estimate of drug-likeness (QED) is 0.583. The van der Waals surface area contributed by atoms with Gasteiger partial charge in [-0.15, -0.1) is 0 Å². The van der Waals surface area contributed by atoms with E-state index in [1.54, 1.807) is 48.5 Å². The Hall–Kier alpha value is -3.77. The lowest BCUT2D eigenvalue weighted by Crippen LogP contribution is -2.41. The topological polar surface area (TPSA) is 115 Å². The fraction of sp³-hybridized carbons (Fsp3) is 0.208. The summed E-state index contributed by atoms with van der Waals surface area (Å²) in [5.74, 6) is -2.20. The van der Waals surface area contributed by atoms with Crippen molar-refractivity contribution < 1.29 is 23.8 Å². The van der Waals surface area contributed by atoms with Crippen molar-refractivity contribution in [2.45, 2.75) is 12.8 Å². The Bertz CT molecular complexity index is 1180. The average molecular weight is 512 g/mol. The number of carbonyl (C=O) groups is 2. The highest BCUT2D eigenvalue weighted by atomic mass is 79.9. The molecule has 0 spiro atoms. The third kappa shape index (κ3) is 4.30. The molecule has 3 rings (SSSR count). The molecule has 1 heterocycles. The van der Waals surface area contributed by atoms with E-state index in [0.717, 1.165) is 0 Å². The maximum Gasteiger partial charge on any atom is 0.355 e. The van der Waals surface area contributed by atoms with Crippen LogP contribution in [0.25, 0.3) is 0 Å². The standard InChI is InChI=1S/C24H22BrN3O5/c1-4-33-17-12-8-11-16(25)20(17)28-21(24(30)32-3)19(23(29)31-2)18(15(13-26)22(28)27)14-9-6-5-7-10-14/h5-12,18H,4,27H2,1-3H3. The summed E-state index contributed by atoms with van der Waals surface area (Å²) in [5, 5.41) is 10.1. The highest BCUT2D eigenvalue weighted by Gasteiger charge is 2.44. The van der Waals surface area contributed by atoms with Crippen LogP contribution in [-0.2, 0) is 19.1 Å². The minimum Gasteiger partial charge on any atom is -0.492 e. The highest BCUT2D eigenvalue weighted by molar-refractivity contribution is 9.10. The normalized spacial score (nSPS) is 15.7. The van der Waals surface area contributed by atoms with Crippen LogP contribution in [0.2, 0.25) is 0 Å². The molecule has 33 heavy (non-hydrogen) atoms. The van der Waals surface area contributed by atoms with Crippen LogP contribution in [0.3, 0.4) is 0 Å². The van der Waals surface area contributed by atoms with Gasteiger partial charge in [-0.25, -0.2) is 9.59 Å². The van der Waals surface area contributed by atoms with Gasteiger partial charge >= 0.3 is 11.9 Å². The molecule has 1 atom stereocenters. The molecule has 0 aromatic heterocycles. The fourth-order valence-corrected chi connectivity index (χ4v) is 4.26. The van der Waals surface area contributed by atoms with Crippen LogP contribution in [-0.4, -0.2) is 32.8 Å². The first-order valence-electron chi connectivity index (χ1n) is 9.98. The minimum absolute atomic E-state index is 0.0349. The number of halogens is 1. The van der Waals surface area contributed by atoms with E-state index in [4.69, 9.17) is 19.9 Å². The van der Waals surface area contributed by atoms with E-state index in [1.807, 2.05) is 6.92 Å². The number of ether oxygens (including phenoxy) is 3. The number of hydrogen-bond acceptors (Lipinski definition) is 8. The summed E-state index contributed by atoms with van der Waals surface area (Å²) in [6.07, 6.45) is 0. The zero-order valence-electron chi connectivity index (χ0n) is 18.3. The number of anilines is 1. The van der Waals surface area contributed by atoms with E-state index in [1.165, 1.54) is 19.1 Å². The maximum absolute atomic E-state index is 13.1. The van der Waals surface area contributed by atoms with Gasteiger partial charge in [0.2, 0.25) is 0 Å². The molecule has 8 nitrogen and oxygen atoms in total. The summed E-state index contributed by atoms with van der Waals surface area (Å²) >= 11 is 3.48. The van der Waals surface area contributed by atoms with Crippen LogP contribution in [0, 0.1) is 11.3 Å². The molecule has 2 aromatic carbocycles. The van der Waals surface area contributed by atoms with Crippen molar-refractivity contribution in [3.05, 3.63) is 81.2 Å². The molecular weight excluding hydrogens is 490 g/mol. The van der Waals surface area contributed by atoms with E-state index >= 15 is 0 Å². The lowest BCUT2D eigenvalue weighted by molar-refractivity contribution is -0.139. The number of nitrogens with zero attached hydrogens (tertiary/aromatic N) is 2. The summed E-state index contributed by atoms with van der Waals surface area (Å²) in [7, 11) is 2.40. The molecule has 1 aliphatic rings. The zero-order chi connectivity index (χ0) is 24.1. The molecule has 0 fully saturated rings. The fourth-order valence-electron chi connectivity index (χ4n) is 3.73. The Morgan fingerprint density at radius 2 is 1.76 bits per heavy atom. The van der Waals surface area contributed by atoms with Crippen molar-refractivity contribution in [3.63, 3.8) is 0 Å². The Morgan fingerprint density at radius 1 is 1.09 bits per heavy atom. The third-order valence-corrected chi connectivity index (χ3v) is 5.72. The zero-order valence-corrected chi connectivity index (χ0v) is 19.9. The van der Waals surface area contributed by atoms with Gasteiger partial charge in [0.1, 0.15) is 23.0 Å². The van der Waals surface area contributed by atoms with E-state index in [2.05, 4.69) is 22.0 Å². The van der Waals surface area contributed by atoms with Crippen LogP contribution in [0.1, 0.15) is 18.4 Å². The second-order valence-corrected chi connectivity index (χ2v) is 7.71. The largest absolute Gasteiger partial charge is 0.492 e. The number of para-hydroxylation sites is 1. The van der Waals surface area contributed by atoms with Gasteiger partial charge in [-0.3, -0.25) is 4.90 Å². The molecule has 0 bridgehead atoms. The van der Waals surface area contributed by atoms with E-state index in [-0.39, 0.29) is 22.7 Å². The molecular formula is C24H22BrN3O5. The summed E-state index contributed by atoms with van der Waals surface area (Å²) in [6.45, 7) is 2.14. The van der Waals surface area contributed by atoms with Crippen LogP contribution in [0.15, 0.2) is 75.7 Å². The lowest BCUT2D eigenvalue weighted by Gasteiger charge is -2.36. The molecule has 170 valence electrons. The monoisotopic (exact) mass is 511 g/mol. The number of benzene rings is 2. The Labute approximate surface area is 200 Å². The molecule has 0 saturated heterocycles. The van der Waals surface area contributed by atoms with E-state index in [9.17, 15) is 14.9 Å². The predicted molar refractivity (Wildman–Crippen MR) is 125 cm³/mol. The van der Waals surface area contributed by atoms with Crippen molar-refractivity contribution in [1.82, 2.24) is 0 Å². The van der Waals surface area contributed by atoms with Crippen LogP contribution in [0.5, 0.6) is 5.75 Å². The average Bonchev–Trinajstić information content (AvgIpc) is 2.83. The van der Waals surface area contributed by atoms with Crippen molar-refractivity contribution in [2.75, 3.05) is 25.7 Å². The number of allylic oxidation sites excluding steroid dienone is 1. The Morgan fingerprint density at radius 3 is 2.33 bits per heavy atom. The third-order valence-electron chi connectivity index (χ3n) is 5.08. The van der Waals surface area contributed by atoms with Gasteiger partial charge in [-0.05, 0) is 40.5 Å². The molecule has 0 saturated carbocycles. The number of hydrogen-bond donors (Lipinski definition) is 1. The van der Waals surface area contributed by atoms with Gasteiger partial charge in [0.15, 0.2) is 0 Å².